The molecule has 1 amide bonds. The zero-order valence-corrected chi connectivity index (χ0v) is 8.30. The largest absolute Gasteiger partial charge is 0.383 e. The van der Waals surface area contributed by atoms with E-state index in [1.807, 2.05) is 0 Å². The summed E-state index contributed by atoms with van der Waals surface area (Å²) in [6.07, 6.45) is 1.57. The molecule has 0 bridgehead atoms. The predicted octanol–water partition coefficient (Wildman–Crippen LogP) is -0.110. The number of amides is 1. The van der Waals surface area contributed by atoms with Crippen molar-refractivity contribution in [2.24, 2.45) is 0 Å². The molecule has 0 spiro atoms. The molecule has 0 aliphatic carbocycles. The van der Waals surface area contributed by atoms with Crippen molar-refractivity contribution >= 4 is 5.91 Å². The summed E-state index contributed by atoms with van der Waals surface area (Å²) in [5.74, 6) is 0.164. The van der Waals surface area contributed by atoms with E-state index in [0.29, 0.717) is 25.1 Å². The topological polar surface area (TPSA) is 50.4 Å². The number of hydrogen-bond donors (Lipinski definition) is 2. The smallest absolute Gasteiger partial charge is 0.220 e. The Hall–Kier alpha value is -0.610. The van der Waals surface area contributed by atoms with Crippen LogP contribution in [0.3, 0.4) is 0 Å². The lowest BCUT2D eigenvalue weighted by Crippen LogP contribution is -2.49. The van der Waals surface area contributed by atoms with E-state index in [0.717, 1.165) is 13.0 Å². The van der Waals surface area contributed by atoms with E-state index in [1.54, 1.807) is 7.11 Å². The fraction of sp³-hybridized carbons (Fsp3) is 0.889. The third kappa shape index (κ3) is 3.74. The molecule has 0 radical (unpaired) electrons. The number of methoxy groups -OCH3 is 1. The normalized spacial score (nSPS) is 25.4. The van der Waals surface area contributed by atoms with Gasteiger partial charge in [-0.2, -0.15) is 0 Å². The minimum atomic E-state index is 0.164. The molecule has 0 saturated carbocycles. The van der Waals surface area contributed by atoms with Crippen LogP contribution in [0, 0.1) is 0 Å². The first kappa shape index (κ1) is 10.5. The van der Waals surface area contributed by atoms with Crippen LogP contribution in [0.25, 0.3) is 0 Å². The SMILES string of the molecule is COCC(C)NC1CCC(=O)NC1. The highest BCUT2D eigenvalue weighted by Gasteiger charge is 2.18. The molecule has 4 heteroatoms. The van der Waals surface area contributed by atoms with E-state index in [4.69, 9.17) is 4.74 Å². The molecular formula is C9H18N2O2. The monoisotopic (exact) mass is 186 g/mol. The summed E-state index contributed by atoms with van der Waals surface area (Å²) in [4.78, 5) is 10.9. The standard InChI is InChI=1S/C9H18N2O2/c1-7(6-13-2)11-8-3-4-9(12)10-5-8/h7-8,11H,3-6H2,1-2H3,(H,10,12). The van der Waals surface area contributed by atoms with Crippen LogP contribution in [0.15, 0.2) is 0 Å². The van der Waals surface area contributed by atoms with Crippen molar-refractivity contribution in [3.05, 3.63) is 0 Å². The van der Waals surface area contributed by atoms with Crippen molar-refractivity contribution in [3.63, 3.8) is 0 Å². The molecule has 76 valence electrons. The Morgan fingerprint density at radius 1 is 1.77 bits per heavy atom. The second-order valence-corrected chi connectivity index (χ2v) is 3.56. The van der Waals surface area contributed by atoms with Crippen LogP contribution in [-0.2, 0) is 9.53 Å². The maximum Gasteiger partial charge on any atom is 0.220 e. The maximum atomic E-state index is 10.9. The van der Waals surface area contributed by atoms with Gasteiger partial charge in [0.25, 0.3) is 0 Å². The summed E-state index contributed by atoms with van der Waals surface area (Å²) >= 11 is 0. The third-order valence-electron chi connectivity index (χ3n) is 2.20. The van der Waals surface area contributed by atoms with E-state index in [1.165, 1.54) is 0 Å². The van der Waals surface area contributed by atoms with Gasteiger partial charge in [0, 0.05) is 32.2 Å². The number of hydrogen-bond acceptors (Lipinski definition) is 3. The fourth-order valence-electron chi connectivity index (χ4n) is 1.58. The van der Waals surface area contributed by atoms with E-state index in [-0.39, 0.29) is 5.91 Å². The van der Waals surface area contributed by atoms with Gasteiger partial charge in [0.1, 0.15) is 0 Å². The number of ether oxygens (including phenoxy) is 1. The molecule has 1 heterocycles. The van der Waals surface area contributed by atoms with E-state index in [2.05, 4.69) is 17.6 Å². The number of carbonyl (C=O) groups excluding carboxylic acids is 1. The minimum Gasteiger partial charge on any atom is -0.383 e. The first-order chi connectivity index (χ1) is 6.22. The van der Waals surface area contributed by atoms with Crippen molar-refractivity contribution in [2.45, 2.75) is 31.8 Å². The average molecular weight is 186 g/mol. The van der Waals surface area contributed by atoms with Gasteiger partial charge >= 0.3 is 0 Å². The molecule has 2 unspecified atom stereocenters. The van der Waals surface area contributed by atoms with Crippen LogP contribution < -0.4 is 10.6 Å². The zero-order valence-electron chi connectivity index (χ0n) is 8.30. The van der Waals surface area contributed by atoms with Gasteiger partial charge in [-0.1, -0.05) is 0 Å². The molecule has 2 N–H and O–H groups in total. The maximum absolute atomic E-state index is 10.9. The highest BCUT2D eigenvalue weighted by Crippen LogP contribution is 2.03. The summed E-state index contributed by atoms with van der Waals surface area (Å²) < 4.78 is 5.02. The highest BCUT2D eigenvalue weighted by atomic mass is 16.5. The Kier molecular flexibility index (Phi) is 4.18. The predicted molar refractivity (Wildman–Crippen MR) is 50.5 cm³/mol. The lowest BCUT2D eigenvalue weighted by molar-refractivity contribution is -0.122. The Morgan fingerprint density at radius 2 is 2.54 bits per heavy atom. The lowest BCUT2D eigenvalue weighted by Gasteiger charge is -2.26. The molecule has 4 nitrogen and oxygen atoms in total. The van der Waals surface area contributed by atoms with E-state index in [9.17, 15) is 4.79 Å². The highest BCUT2D eigenvalue weighted by molar-refractivity contribution is 5.76. The van der Waals surface area contributed by atoms with Crippen molar-refractivity contribution < 1.29 is 9.53 Å². The molecule has 2 atom stereocenters. The minimum absolute atomic E-state index is 0.164. The molecule has 1 rings (SSSR count). The number of nitrogens with one attached hydrogen (secondary N) is 2. The van der Waals surface area contributed by atoms with Crippen LogP contribution in [0.4, 0.5) is 0 Å². The van der Waals surface area contributed by atoms with Crippen molar-refractivity contribution in [1.82, 2.24) is 10.6 Å². The van der Waals surface area contributed by atoms with Gasteiger partial charge in [0.05, 0.1) is 6.61 Å². The molecular weight excluding hydrogens is 168 g/mol. The van der Waals surface area contributed by atoms with Crippen LogP contribution in [0.1, 0.15) is 19.8 Å². The molecule has 1 fully saturated rings. The van der Waals surface area contributed by atoms with Crippen LogP contribution in [-0.4, -0.2) is 38.3 Å². The van der Waals surface area contributed by atoms with E-state index < -0.39 is 0 Å². The van der Waals surface area contributed by atoms with Crippen LogP contribution in [0.5, 0.6) is 0 Å². The van der Waals surface area contributed by atoms with Gasteiger partial charge in [-0.3, -0.25) is 4.79 Å². The fourth-order valence-corrected chi connectivity index (χ4v) is 1.58. The Bertz CT molecular complexity index is 163. The summed E-state index contributed by atoms with van der Waals surface area (Å²) in [5.41, 5.74) is 0. The first-order valence-electron chi connectivity index (χ1n) is 4.74. The second-order valence-electron chi connectivity index (χ2n) is 3.56. The molecule has 0 aromatic rings. The molecule has 1 saturated heterocycles. The molecule has 1 aliphatic heterocycles. The van der Waals surface area contributed by atoms with Gasteiger partial charge in [-0.25, -0.2) is 0 Å². The Labute approximate surface area is 79.0 Å². The van der Waals surface area contributed by atoms with Crippen LogP contribution in [0.2, 0.25) is 0 Å². The van der Waals surface area contributed by atoms with Gasteiger partial charge in [0.2, 0.25) is 5.91 Å². The van der Waals surface area contributed by atoms with Crippen LogP contribution >= 0.6 is 0 Å². The van der Waals surface area contributed by atoms with Gasteiger partial charge in [0.15, 0.2) is 0 Å². The lowest BCUT2D eigenvalue weighted by atomic mass is 10.1. The summed E-state index contributed by atoms with van der Waals surface area (Å²) in [5, 5.41) is 6.24. The number of carbonyl (C=O) groups is 1. The molecule has 13 heavy (non-hydrogen) atoms. The molecule has 0 aromatic heterocycles. The number of rotatable bonds is 4. The zero-order chi connectivity index (χ0) is 9.68. The Balaban J connectivity index is 2.18. The van der Waals surface area contributed by atoms with Gasteiger partial charge < -0.3 is 15.4 Å². The van der Waals surface area contributed by atoms with Crippen molar-refractivity contribution in [2.75, 3.05) is 20.3 Å². The number of piperidine rings is 1. The summed E-state index contributed by atoms with van der Waals surface area (Å²) in [7, 11) is 1.70. The first-order valence-corrected chi connectivity index (χ1v) is 4.74. The summed E-state index contributed by atoms with van der Waals surface area (Å²) in [6.45, 7) is 3.54. The molecule has 1 aliphatic rings. The van der Waals surface area contributed by atoms with Gasteiger partial charge in [-0.05, 0) is 13.3 Å². The average Bonchev–Trinajstić information content (AvgIpc) is 2.09. The van der Waals surface area contributed by atoms with E-state index >= 15 is 0 Å². The van der Waals surface area contributed by atoms with Crippen molar-refractivity contribution in [3.8, 4) is 0 Å². The quantitative estimate of drug-likeness (QED) is 0.644. The Morgan fingerprint density at radius 3 is 3.08 bits per heavy atom. The van der Waals surface area contributed by atoms with Crippen molar-refractivity contribution in [1.29, 1.82) is 0 Å². The third-order valence-corrected chi connectivity index (χ3v) is 2.20. The molecule has 0 aromatic carbocycles. The summed E-state index contributed by atoms with van der Waals surface area (Å²) in [6, 6.07) is 0.757. The van der Waals surface area contributed by atoms with Gasteiger partial charge in [-0.15, -0.1) is 0 Å². The second kappa shape index (κ2) is 5.19.